The quantitative estimate of drug-likeness (QED) is 0.330. The molecular formula is C21H38N6O2. The van der Waals surface area contributed by atoms with Gasteiger partial charge >= 0.3 is 0 Å². The van der Waals surface area contributed by atoms with Crippen LogP contribution in [0.25, 0.3) is 0 Å². The van der Waals surface area contributed by atoms with Crippen molar-refractivity contribution in [3.63, 3.8) is 0 Å². The van der Waals surface area contributed by atoms with Crippen molar-refractivity contribution in [3.05, 3.63) is 0 Å². The zero-order valence-electron chi connectivity index (χ0n) is 18.1. The fourth-order valence-electron chi connectivity index (χ4n) is 4.50. The summed E-state index contributed by atoms with van der Waals surface area (Å²) in [6, 6.07) is 0. The highest BCUT2D eigenvalue weighted by atomic mass is 16.2. The Bertz CT molecular complexity index is 593. The molecule has 0 unspecified atom stereocenters. The first-order valence-corrected chi connectivity index (χ1v) is 11.2. The van der Waals surface area contributed by atoms with Crippen LogP contribution in [0.5, 0.6) is 0 Å². The van der Waals surface area contributed by atoms with Crippen LogP contribution >= 0.6 is 0 Å². The Morgan fingerprint density at radius 2 is 1.03 bits per heavy atom. The number of carbonyl (C=O) groups is 2. The minimum atomic E-state index is -0.766. The number of rotatable bonds is 14. The zero-order valence-corrected chi connectivity index (χ0v) is 18.1. The number of nitrogens with one attached hydrogen (secondary N) is 2. The molecule has 2 rings (SSSR count). The predicted octanol–water partition coefficient (Wildman–Crippen LogP) is 2.87. The highest BCUT2D eigenvalue weighted by molar-refractivity contribution is 6.11. The SMILES string of the molecule is CCCCCC[C@@]1(CCC[C@]2(CCCCCC)C(=O)NN=C2N)C(=O)NN=C1N. The summed E-state index contributed by atoms with van der Waals surface area (Å²) in [5, 5.41) is 8.01. The first-order valence-electron chi connectivity index (χ1n) is 11.2. The molecule has 8 heteroatoms. The summed E-state index contributed by atoms with van der Waals surface area (Å²) < 4.78 is 0. The molecule has 6 N–H and O–H groups in total. The topological polar surface area (TPSA) is 135 Å². The molecule has 0 aliphatic carbocycles. The standard InChI is InChI=1S/C21H38N6O2/c1-3-5-7-9-12-20(16(22)24-26-18(20)28)14-11-15-21(13-10-8-6-4-2)17(23)25-27-19(21)29/h3-15H2,1-2H3,(H2,22,24)(H2,23,25)(H,26,28)(H,27,29)/t20-,21-/m0/s1. The Morgan fingerprint density at radius 3 is 1.34 bits per heavy atom. The maximum Gasteiger partial charge on any atom is 0.254 e. The molecule has 8 nitrogen and oxygen atoms in total. The van der Waals surface area contributed by atoms with Gasteiger partial charge in [0.15, 0.2) is 0 Å². The van der Waals surface area contributed by atoms with E-state index < -0.39 is 10.8 Å². The van der Waals surface area contributed by atoms with Gasteiger partial charge in [0.2, 0.25) is 0 Å². The number of amidine groups is 2. The first-order chi connectivity index (χ1) is 13.9. The minimum absolute atomic E-state index is 0.124. The van der Waals surface area contributed by atoms with E-state index >= 15 is 0 Å². The molecule has 0 radical (unpaired) electrons. The number of nitrogens with two attached hydrogens (primary N) is 2. The number of unbranched alkanes of at least 4 members (excludes halogenated alkanes) is 6. The van der Waals surface area contributed by atoms with E-state index in [9.17, 15) is 9.59 Å². The summed E-state index contributed by atoms with van der Waals surface area (Å²) in [6.45, 7) is 4.32. The number of hydrogen-bond donors (Lipinski definition) is 4. The fraction of sp³-hybridized carbons (Fsp3) is 0.810. The molecule has 2 atom stereocenters. The lowest BCUT2D eigenvalue weighted by atomic mass is 9.72. The van der Waals surface area contributed by atoms with E-state index in [1.54, 1.807) is 0 Å². The summed E-state index contributed by atoms with van der Waals surface area (Å²) in [5.74, 6) is 0.490. The number of nitrogens with zero attached hydrogens (tertiary/aromatic N) is 2. The van der Waals surface area contributed by atoms with Crippen molar-refractivity contribution in [1.82, 2.24) is 10.9 Å². The number of hydrazone groups is 2. The van der Waals surface area contributed by atoms with Crippen molar-refractivity contribution in [2.45, 2.75) is 97.3 Å². The monoisotopic (exact) mass is 406 g/mol. The van der Waals surface area contributed by atoms with E-state index in [-0.39, 0.29) is 11.8 Å². The van der Waals surface area contributed by atoms with Crippen molar-refractivity contribution in [3.8, 4) is 0 Å². The lowest BCUT2D eigenvalue weighted by molar-refractivity contribution is -0.127. The van der Waals surface area contributed by atoms with Crippen LogP contribution in [0.15, 0.2) is 10.2 Å². The van der Waals surface area contributed by atoms with Crippen molar-refractivity contribution < 1.29 is 9.59 Å². The predicted molar refractivity (Wildman–Crippen MR) is 116 cm³/mol. The van der Waals surface area contributed by atoms with Gasteiger partial charge in [0, 0.05) is 0 Å². The van der Waals surface area contributed by atoms with Gasteiger partial charge in [-0.3, -0.25) is 9.59 Å². The van der Waals surface area contributed by atoms with E-state index in [2.05, 4.69) is 34.9 Å². The minimum Gasteiger partial charge on any atom is -0.385 e. The van der Waals surface area contributed by atoms with Crippen molar-refractivity contribution in [1.29, 1.82) is 0 Å². The molecule has 2 aliphatic heterocycles. The van der Waals surface area contributed by atoms with Crippen LogP contribution in [0.4, 0.5) is 0 Å². The zero-order chi connectivity index (χ0) is 21.3. The van der Waals surface area contributed by atoms with E-state index in [1.165, 1.54) is 0 Å². The molecule has 164 valence electrons. The molecule has 0 bridgehead atoms. The molecule has 2 amide bonds. The fourth-order valence-corrected chi connectivity index (χ4v) is 4.50. The lowest BCUT2D eigenvalue weighted by Crippen LogP contribution is -2.44. The first kappa shape index (κ1) is 23.2. The molecule has 0 saturated carbocycles. The molecule has 2 heterocycles. The number of amides is 2. The van der Waals surface area contributed by atoms with Crippen molar-refractivity contribution in [2.24, 2.45) is 32.5 Å². The van der Waals surface area contributed by atoms with Crippen LogP contribution < -0.4 is 22.3 Å². The van der Waals surface area contributed by atoms with E-state index in [0.717, 1.165) is 51.4 Å². The van der Waals surface area contributed by atoms with Crippen LogP contribution in [0, 0.1) is 10.8 Å². The van der Waals surface area contributed by atoms with Gasteiger partial charge in [0.05, 0.1) is 0 Å². The Labute approximate surface area is 174 Å². The van der Waals surface area contributed by atoms with Crippen LogP contribution in [0.3, 0.4) is 0 Å². The van der Waals surface area contributed by atoms with E-state index in [0.29, 0.717) is 43.8 Å². The van der Waals surface area contributed by atoms with Crippen molar-refractivity contribution in [2.75, 3.05) is 0 Å². The maximum atomic E-state index is 12.6. The van der Waals surface area contributed by atoms with E-state index in [4.69, 9.17) is 11.5 Å². The molecule has 2 aliphatic rings. The van der Waals surface area contributed by atoms with E-state index in [1.807, 2.05) is 0 Å². The Balaban J connectivity index is 2.03. The summed E-state index contributed by atoms with van der Waals surface area (Å²) >= 11 is 0. The third kappa shape index (κ3) is 5.08. The summed E-state index contributed by atoms with van der Waals surface area (Å²) in [6.07, 6.45) is 11.7. The van der Waals surface area contributed by atoms with Crippen LogP contribution in [0.2, 0.25) is 0 Å². The van der Waals surface area contributed by atoms with Crippen LogP contribution in [-0.2, 0) is 9.59 Å². The second kappa shape index (κ2) is 10.6. The van der Waals surface area contributed by atoms with Gasteiger partial charge in [0.25, 0.3) is 11.8 Å². The molecular weight excluding hydrogens is 368 g/mol. The molecule has 0 spiro atoms. The highest BCUT2D eigenvalue weighted by Crippen LogP contribution is 2.40. The lowest BCUT2D eigenvalue weighted by Gasteiger charge is -2.30. The Kier molecular flexibility index (Phi) is 8.46. The molecule has 0 saturated heterocycles. The third-order valence-electron chi connectivity index (χ3n) is 6.53. The number of hydrogen-bond acceptors (Lipinski definition) is 6. The molecule has 0 aromatic carbocycles. The summed E-state index contributed by atoms with van der Waals surface area (Å²) in [4.78, 5) is 25.2. The van der Waals surface area contributed by atoms with Crippen LogP contribution in [0.1, 0.15) is 97.3 Å². The van der Waals surface area contributed by atoms with Gasteiger partial charge in [-0.05, 0) is 25.7 Å². The molecule has 29 heavy (non-hydrogen) atoms. The van der Waals surface area contributed by atoms with Crippen molar-refractivity contribution >= 4 is 23.5 Å². The Morgan fingerprint density at radius 1 is 0.655 bits per heavy atom. The van der Waals surface area contributed by atoms with Gasteiger partial charge in [-0.1, -0.05) is 71.6 Å². The normalized spacial score (nSPS) is 26.3. The third-order valence-corrected chi connectivity index (χ3v) is 6.53. The molecule has 0 aromatic heterocycles. The second-order valence-corrected chi connectivity index (χ2v) is 8.52. The van der Waals surface area contributed by atoms with Crippen LogP contribution in [-0.4, -0.2) is 23.5 Å². The average molecular weight is 407 g/mol. The Hall–Kier alpha value is -2.12. The smallest absolute Gasteiger partial charge is 0.254 e. The maximum absolute atomic E-state index is 12.6. The van der Waals surface area contributed by atoms with Gasteiger partial charge in [-0.15, -0.1) is 0 Å². The second-order valence-electron chi connectivity index (χ2n) is 8.52. The number of carbonyl (C=O) groups excluding carboxylic acids is 2. The largest absolute Gasteiger partial charge is 0.385 e. The molecule has 0 fully saturated rings. The molecule has 0 aromatic rings. The summed E-state index contributed by atoms with van der Waals surface area (Å²) in [7, 11) is 0. The summed E-state index contributed by atoms with van der Waals surface area (Å²) in [5.41, 5.74) is 15.9. The average Bonchev–Trinajstić information content (AvgIpc) is 3.14. The van der Waals surface area contributed by atoms with Gasteiger partial charge in [0.1, 0.15) is 22.5 Å². The van der Waals surface area contributed by atoms with Gasteiger partial charge in [-0.2, -0.15) is 10.2 Å². The van der Waals surface area contributed by atoms with Gasteiger partial charge in [-0.25, -0.2) is 10.9 Å². The van der Waals surface area contributed by atoms with Gasteiger partial charge < -0.3 is 11.5 Å². The highest BCUT2D eigenvalue weighted by Gasteiger charge is 2.48.